The second kappa shape index (κ2) is 7.66. The number of halogens is 1. The van der Waals surface area contributed by atoms with E-state index in [2.05, 4.69) is 38.2 Å². The molecule has 132 valence electrons. The fourth-order valence-electron chi connectivity index (χ4n) is 2.44. The van der Waals surface area contributed by atoms with Crippen LogP contribution in [0.3, 0.4) is 0 Å². The van der Waals surface area contributed by atoms with Crippen molar-refractivity contribution in [3.8, 4) is 0 Å². The third-order valence-electron chi connectivity index (χ3n) is 3.92. The van der Waals surface area contributed by atoms with Crippen molar-refractivity contribution in [2.75, 3.05) is 6.54 Å². The van der Waals surface area contributed by atoms with Crippen LogP contribution in [0.4, 0.5) is 5.69 Å². The lowest BCUT2D eigenvalue weighted by molar-refractivity contribution is -0.385. The number of hydrogen-bond donors (Lipinski definition) is 1. The van der Waals surface area contributed by atoms with Crippen LogP contribution >= 0.6 is 11.6 Å². The van der Waals surface area contributed by atoms with E-state index in [1.165, 1.54) is 23.8 Å². The molecule has 0 fully saturated rings. The maximum Gasteiger partial charge on any atom is 0.282 e. The lowest BCUT2D eigenvalue weighted by Gasteiger charge is -2.19. The highest BCUT2D eigenvalue weighted by Crippen LogP contribution is 2.23. The fraction of sp³-hybridized carbons (Fsp3) is 0.316. The number of amides is 1. The van der Waals surface area contributed by atoms with Gasteiger partial charge >= 0.3 is 0 Å². The second-order valence-electron chi connectivity index (χ2n) is 6.87. The summed E-state index contributed by atoms with van der Waals surface area (Å²) in [6.45, 7) is 6.84. The van der Waals surface area contributed by atoms with Crippen molar-refractivity contribution >= 4 is 23.2 Å². The third kappa shape index (κ3) is 5.03. The average molecular weight is 361 g/mol. The van der Waals surface area contributed by atoms with Crippen molar-refractivity contribution in [1.82, 2.24) is 5.32 Å². The van der Waals surface area contributed by atoms with Gasteiger partial charge in [0.15, 0.2) is 0 Å². The molecule has 5 nitrogen and oxygen atoms in total. The molecule has 0 aliphatic heterocycles. The summed E-state index contributed by atoms with van der Waals surface area (Å²) < 4.78 is 0. The zero-order valence-electron chi connectivity index (χ0n) is 14.5. The highest BCUT2D eigenvalue weighted by atomic mass is 35.5. The summed E-state index contributed by atoms with van der Waals surface area (Å²) in [7, 11) is 0. The summed E-state index contributed by atoms with van der Waals surface area (Å²) in [4.78, 5) is 22.7. The van der Waals surface area contributed by atoms with Crippen LogP contribution in [0.2, 0.25) is 5.02 Å². The monoisotopic (exact) mass is 360 g/mol. The smallest absolute Gasteiger partial charge is 0.282 e. The zero-order valence-corrected chi connectivity index (χ0v) is 15.3. The van der Waals surface area contributed by atoms with Crippen molar-refractivity contribution < 1.29 is 9.72 Å². The Morgan fingerprint density at radius 1 is 1.16 bits per heavy atom. The summed E-state index contributed by atoms with van der Waals surface area (Å²) in [5.41, 5.74) is 2.15. The first-order valence-electron chi connectivity index (χ1n) is 8.00. The second-order valence-corrected chi connectivity index (χ2v) is 7.31. The van der Waals surface area contributed by atoms with Gasteiger partial charge in [0.05, 0.1) is 4.92 Å². The molecule has 25 heavy (non-hydrogen) atoms. The Hall–Kier alpha value is -2.40. The lowest BCUT2D eigenvalue weighted by atomic mass is 9.86. The van der Waals surface area contributed by atoms with Crippen molar-refractivity contribution in [3.63, 3.8) is 0 Å². The number of carbonyl (C=O) groups excluding carboxylic acids is 1. The Labute approximate surface area is 152 Å². The Bertz CT molecular complexity index is 780. The highest BCUT2D eigenvalue weighted by Gasteiger charge is 2.20. The van der Waals surface area contributed by atoms with E-state index in [1.54, 1.807) is 0 Å². The van der Waals surface area contributed by atoms with Crippen LogP contribution in [0.5, 0.6) is 0 Å². The number of benzene rings is 2. The molecule has 0 aliphatic carbocycles. The first-order valence-corrected chi connectivity index (χ1v) is 8.38. The highest BCUT2D eigenvalue weighted by molar-refractivity contribution is 6.31. The zero-order chi connectivity index (χ0) is 18.6. The number of rotatable bonds is 5. The molecule has 1 amide bonds. The molecular formula is C19H21ClN2O3. The van der Waals surface area contributed by atoms with Gasteiger partial charge in [0, 0.05) is 17.6 Å². The van der Waals surface area contributed by atoms with Crippen LogP contribution in [0.1, 0.15) is 42.3 Å². The van der Waals surface area contributed by atoms with E-state index < -0.39 is 10.8 Å². The Morgan fingerprint density at radius 2 is 1.80 bits per heavy atom. The minimum Gasteiger partial charge on any atom is -0.351 e. The van der Waals surface area contributed by atoms with Crippen LogP contribution in [-0.4, -0.2) is 17.4 Å². The predicted octanol–water partition coefficient (Wildman–Crippen LogP) is 4.52. The van der Waals surface area contributed by atoms with Crippen molar-refractivity contribution in [3.05, 3.63) is 74.3 Å². The van der Waals surface area contributed by atoms with Crippen LogP contribution in [0.25, 0.3) is 0 Å². The summed E-state index contributed by atoms with van der Waals surface area (Å²) in [6.07, 6.45) is 0.643. The van der Waals surface area contributed by atoms with Crippen molar-refractivity contribution in [2.24, 2.45) is 0 Å². The molecule has 0 saturated heterocycles. The van der Waals surface area contributed by atoms with E-state index in [1.807, 2.05) is 12.1 Å². The van der Waals surface area contributed by atoms with Gasteiger partial charge in [-0.1, -0.05) is 56.6 Å². The predicted molar refractivity (Wildman–Crippen MR) is 99.3 cm³/mol. The largest absolute Gasteiger partial charge is 0.351 e. The molecule has 0 spiro atoms. The van der Waals surface area contributed by atoms with E-state index in [9.17, 15) is 14.9 Å². The molecule has 2 aromatic carbocycles. The van der Waals surface area contributed by atoms with Gasteiger partial charge in [-0.25, -0.2) is 0 Å². The maximum absolute atomic E-state index is 12.2. The molecule has 6 heteroatoms. The summed E-state index contributed by atoms with van der Waals surface area (Å²) in [5, 5.41) is 14.0. The van der Waals surface area contributed by atoms with E-state index in [0.717, 1.165) is 5.56 Å². The third-order valence-corrected chi connectivity index (χ3v) is 4.15. The minimum absolute atomic E-state index is 0.0272. The quantitative estimate of drug-likeness (QED) is 0.629. The molecular weight excluding hydrogens is 340 g/mol. The first-order chi connectivity index (χ1) is 11.7. The topological polar surface area (TPSA) is 72.2 Å². The van der Waals surface area contributed by atoms with Crippen LogP contribution in [-0.2, 0) is 11.8 Å². The van der Waals surface area contributed by atoms with E-state index in [4.69, 9.17) is 11.6 Å². The number of hydrogen-bond acceptors (Lipinski definition) is 3. The summed E-state index contributed by atoms with van der Waals surface area (Å²) >= 11 is 5.84. The van der Waals surface area contributed by atoms with E-state index >= 15 is 0 Å². The van der Waals surface area contributed by atoms with Gasteiger partial charge in [-0.3, -0.25) is 14.9 Å². The van der Waals surface area contributed by atoms with Crippen molar-refractivity contribution in [1.29, 1.82) is 0 Å². The molecule has 0 unspecified atom stereocenters. The Kier molecular flexibility index (Phi) is 5.80. The number of nitro benzene ring substituents is 1. The SMILES string of the molecule is CC(C)(C)c1ccc(CCNC(=O)c2cc(Cl)ccc2[N+](=O)[O-])cc1. The van der Waals surface area contributed by atoms with Gasteiger partial charge in [0.25, 0.3) is 11.6 Å². The summed E-state index contributed by atoms with van der Waals surface area (Å²) in [6, 6.07) is 12.2. The molecule has 2 aromatic rings. The minimum atomic E-state index is -0.587. The summed E-state index contributed by atoms with van der Waals surface area (Å²) in [5.74, 6) is -0.500. The maximum atomic E-state index is 12.2. The molecule has 0 bridgehead atoms. The van der Waals surface area contributed by atoms with Crippen LogP contribution in [0.15, 0.2) is 42.5 Å². The lowest BCUT2D eigenvalue weighted by Crippen LogP contribution is -2.26. The molecule has 0 aliphatic rings. The van der Waals surface area contributed by atoms with Crippen LogP contribution < -0.4 is 5.32 Å². The van der Waals surface area contributed by atoms with Crippen molar-refractivity contribution in [2.45, 2.75) is 32.6 Å². The number of nitro groups is 1. The van der Waals surface area contributed by atoms with Gasteiger partial charge < -0.3 is 5.32 Å². The molecule has 1 N–H and O–H groups in total. The standard InChI is InChI=1S/C19H21ClN2O3/c1-19(2,3)14-6-4-13(5-7-14)10-11-21-18(23)16-12-15(20)8-9-17(16)22(24)25/h4-9,12H,10-11H2,1-3H3,(H,21,23). The normalized spacial score (nSPS) is 11.2. The van der Waals surface area contributed by atoms with E-state index in [-0.39, 0.29) is 21.7 Å². The molecule has 0 atom stereocenters. The van der Waals surface area contributed by atoms with Gasteiger partial charge in [-0.2, -0.15) is 0 Å². The van der Waals surface area contributed by atoms with Crippen LogP contribution in [0, 0.1) is 10.1 Å². The van der Waals surface area contributed by atoms with Gasteiger partial charge in [0.1, 0.15) is 5.56 Å². The van der Waals surface area contributed by atoms with Gasteiger partial charge in [0.2, 0.25) is 0 Å². The number of nitrogens with one attached hydrogen (secondary N) is 1. The van der Waals surface area contributed by atoms with Gasteiger partial charge in [-0.05, 0) is 35.1 Å². The molecule has 2 rings (SSSR count). The molecule has 0 aromatic heterocycles. The Morgan fingerprint density at radius 3 is 2.36 bits per heavy atom. The molecule has 0 saturated carbocycles. The number of nitrogens with zero attached hydrogens (tertiary/aromatic N) is 1. The Balaban J connectivity index is 1.99. The van der Waals surface area contributed by atoms with E-state index in [0.29, 0.717) is 13.0 Å². The van der Waals surface area contributed by atoms with Gasteiger partial charge in [-0.15, -0.1) is 0 Å². The number of carbonyl (C=O) groups is 1. The fourth-order valence-corrected chi connectivity index (χ4v) is 2.61. The average Bonchev–Trinajstić information content (AvgIpc) is 2.54. The molecule has 0 heterocycles. The molecule has 0 radical (unpaired) electrons. The first kappa shape index (κ1) is 18.9.